The zero-order valence-corrected chi connectivity index (χ0v) is 37.1. The average Bonchev–Trinajstić information content (AvgIpc) is 3.92. The Hall–Kier alpha value is -8.14. The van der Waals surface area contributed by atoms with E-state index in [0.29, 0.717) is 0 Å². The summed E-state index contributed by atoms with van der Waals surface area (Å²) in [5.74, 6) is -0.628. The van der Waals surface area contributed by atoms with Crippen LogP contribution in [-0.2, 0) is 10.8 Å². The van der Waals surface area contributed by atoms with Crippen LogP contribution in [0.25, 0.3) is 66.8 Å². The predicted octanol–water partition coefficient (Wildman–Crippen LogP) is 17.1. The fourth-order valence-electron chi connectivity index (χ4n) is 11.9. The molecular formula is C64H43F2N. The minimum Gasteiger partial charge on any atom is -0.310 e. The molecule has 0 radical (unpaired) electrons. The highest BCUT2D eigenvalue weighted by Gasteiger charge is 2.53. The van der Waals surface area contributed by atoms with Crippen LogP contribution in [0.15, 0.2) is 224 Å². The number of fused-ring (bicyclic) bond motifs is 13. The summed E-state index contributed by atoms with van der Waals surface area (Å²) in [4.78, 5) is 2.41. The van der Waals surface area contributed by atoms with Crippen molar-refractivity contribution >= 4 is 17.1 Å². The van der Waals surface area contributed by atoms with Gasteiger partial charge in [0.1, 0.15) is 11.6 Å². The minimum atomic E-state index is -0.925. The van der Waals surface area contributed by atoms with Crippen molar-refractivity contribution in [2.75, 3.05) is 4.90 Å². The average molecular weight is 864 g/mol. The van der Waals surface area contributed by atoms with E-state index in [0.717, 1.165) is 95.0 Å². The highest BCUT2D eigenvalue weighted by atomic mass is 19.1. The van der Waals surface area contributed by atoms with Crippen LogP contribution in [0.3, 0.4) is 0 Å². The SMILES string of the molecule is CC1(C)c2ccccc2-c2ccc(N(c3cccc(-c4cccc(-c5cccc6c5C5(c7cc(F)ccc7-c7ccc(F)cc75)c5ccccc5-6)c4)c3)c3ccccc3-c3ccccc3)cc21. The topological polar surface area (TPSA) is 3.24 Å². The quantitative estimate of drug-likeness (QED) is 0.161. The molecule has 0 heterocycles. The smallest absolute Gasteiger partial charge is 0.123 e. The van der Waals surface area contributed by atoms with Gasteiger partial charge in [-0.05, 0) is 155 Å². The summed E-state index contributed by atoms with van der Waals surface area (Å²) in [7, 11) is 0. The first kappa shape index (κ1) is 39.2. The molecule has 1 spiro atoms. The molecule has 318 valence electrons. The van der Waals surface area contributed by atoms with E-state index in [9.17, 15) is 0 Å². The van der Waals surface area contributed by atoms with Gasteiger partial charge < -0.3 is 4.90 Å². The number of para-hydroxylation sites is 1. The Kier molecular flexibility index (Phi) is 8.60. The standard InChI is InChI=1S/C64H43F2N/c1-63(2)56-26-9-6-22-50(56)52-34-31-47(39-58(52)63)67(61-28-11-8-21-48(61)40-15-4-3-5-16-40)46-20-13-18-42(36-46)41-17-12-19-43(35-41)49-24-14-25-55-51-23-7-10-27-57(51)64(62(49)55)59-37-44(65)29-32-53(59)54-33-30-45(66)38-60(54)64/h3-39H,1-2H3. The first-order valence-electron chi connectivity index (χ1n) is 23.0. The highest BCUT2D eigenvalue weighted by Crippen LogP contribution is 2.65. The van der Waals surface area contributed by atoms with Crippen LogP contribution in [0.4, 0.5) is 25.8 Å². The summed E-state index contributed by atoms with van der Waals surface area (Å²) in [5.41, 5.74) is 21.6. The van der Waals surface area contributed by atoms with Gasteiger partial charge in [-0.2, -0.15) is 0 Å². The summed E-state index contributed by atoms with van der Waals surface area (Å²) >= 11 is 0. The second kappa shape index (κ2) is 14.7. The van der Waals surface area contributed by atoms with E-state index in [1.807, 2.05) is 18.2 Å². The highest BCUT2D eigenvalue weighted by molar-refractivity contribution is 5.99. The number of halogens is 2. The third-order valence-corrected chi connectivity index (χ3v) is 14.8. The Morgan fingerprint density at radius 3 is 1.55 bits per heavy atom. The molecule has 10 aromatic carbocycles. The second-order valence-corrected chi connectivity index (χ2v) is 18.7. The Morgan fingerprint density at radius 1 is 0.313 bits per heavy atom. The lowest BCUT2D eigenvalue weighted by Crippen LogP contribution is -2.27. The predicted molar refractivity (Wildman–Crippen MR) is 271 cm³/mol. The van der Waals surface area contributed by atoms with E-state index in [-0.39, 0.29) is 17.0 Å². The molecule has 3 aliphatic rings. The van der Waals surface area contributed by atoms with Gasteiger partial charge in [-0.25, -0.2) is 8.78 Å². The molecule has 0 saturated carbocycles. The first-order valence-corrected chi connectivity index (χ1v) is 23.0. The molecule has 1 nitrogen and oxygen atoms in total. The number of nitrogens with zero attached hydrogens (tertiary/aromatic N) is 1. The van der Waals surface area contributed by atoms with Crippen LogP contribution >= 0.6 is 0 Å². The van der Waals surface area contributed by atoms with Crippen molar-refractivity contribution in [3.8, 4) is 66.8 Å². The van der Waals surface area contributed by atoms with Gasteiger partial charge in [-0.3, -0.25) is 0 Å². The summed E-state index contributed by atoms with van der Waals surface area (Å²) < 4.78 is 31.2. The maximum absolute atomic E-state index is 15.6. The summed E-state index contributed by atoms with van der Waals surface area (Å²) in [5, 5.41) is 0. The monoisotopic (exact) mass is 863 g/mol. The maximum atomic E-state index is 15.6. The molecule has 0 N–H and O–H groups in total. The number of anilines is 3. The van der Waals surface area contributed by atoms with Gasteiger partial charge in [0.15, 0.2) is 0 Å². The van der Waals surface area contributed by atoms with Crippen molar-refractivity contribution in [3.63, 3.8) is 0 Å². The molecule has 3 aliphatic carbocycles. The van der Waals surface area contributed by atoms with Crippen molar-refractivity contribution in [2.24, 2.45) is 0 Å². The first-order chi connectivity index (χ1) is 32.8. The molecule has 13 rings (SSSR count). The van der Waals surface area contributed by atoms with Crippen LogP contribution in [0.5, 0.6) is 0 Å². The molecule has 0 aromatic heterocycles. The van der Waals surface area contributed by atoms with Gasteiger partial charge >= 0.3 is 0 Å². The normalized spacial score (nSPS) is 13.9. The van der Waals surface area contributed by atoms with E-state index >= 15 is 8.78 Å². The van der Waals surface area contributed by atoms with Gasteiger partial charge in [0, 0.05) is 22.4 Å². The van der Waals surface area contributed by atoms with Gasteiger partial charge in [-0.15, -0.1) is 0 Å². The summed E-state index contributed by atoms with van der Waals surface area (Å²) in [6.07, 6.45) is 0. The van der Waals surface area contributed by atoms with E-state index < -0.39 is 5.41 Å². The Balaban J connectivity index is 0.985. The third kappa shape index (κ3) is 5.71. The number of hydrogen-bond donors (Lipinski definition) is 0. The lowest BCUT2D eigenvalue weighted by molar-refractivity contribution is 0.618. The molecule has 0 saturated heterocycles. The number of hydrogen-bond acceptors (Lipinski definition) is 1. The second-order valence-electron chi connectivity index (χ2n) is 18.7. The van der Waals surface area contributed by atoms with Gasteiger partial charge in [0.25, 0.3) is 0 Å². The lowest BCUT2D eigenvalue weighted by atomic mass is 9.68. The molecule has 3 heteroatoms. The molecule has 0 amide bonds. The molecule has 67 heavy (non-hydrogen) atoms. The van der Waals surface area contributed by atoms with Crippen molar-refractivity contribution in [3.05, 3.63) is 269 Å². The van der Waals surface area contributed by atoms with E-state index in [1.165, 1.54) is 34.4 Å². The largest absolute Gasteiger partial charge is 0.310 e. The zero-order valence-electron chi connectivity index (χ0n) is 37.1. The molecular weight excluding hydrogens is 821 g/mol. The van der Waals surface area contributed by atoms with E-state index in [2.05, 4.69) is 201 Å². The van der Waals surface area contributed by atoms with Crippen molar-refractivity contribution in [2.45, 2.75) is 24.7 Å². The zero-order chi connectivity index (χ0) is 45.0. The van der Waals surface area contributed by atoms with Gasteiger partial charge in [0.05, 0.1) is 11.1 Å². The molecule has 0 atom stereocenters. The number of benzene rings is 10. The van der Waals surface area contributed by atoms with Crippen LogP contribution in [-0.4, -0.2) is 0 Å². The maximum Gasteiger partial charge on any atom is 0.123 e. The van der Waals surface area contributed by atoms with Crippen molar-refractivity contribution in [1.82, 2.24) is 0 Å². The Labute approximate surface area is 389 Å². The fraction of sp³-hybridized carbons (Fsp3) is 0.0625. The van der Waals surface area contributed by atoms with E-state index in [1.54, 1.807) is 12.1 Å². The molecule has 0 aliphatic heterocycles. The molecule has 10 aromatic rings. The molecule has 0 fully saturated rings. The third-order valence-electron chi connectivity index (χ3n) is 14.8. The van der Waals surface area contributed by atoms with Gasteiger partial charge in [0.2, 0.25) is 0 Å². The molecule has 0 bridgehead atoms. The van der Waals surface area contributed by atoms with Crippen LogP contribution in [0, 0.1) is 11.6 Å². The van der Waals surface area contributed by atoms with E-state index in [4.69, 9.17) is 0 Å². The van der Waals surface area contributed by atoms with Crippen molar-refractivity contribution < 1.29 is 8.78 Å². The summed E-state index contributed by atoms with van der Waals surface area (Å²) in [6.45, 7) is 4.67. The van der Waals surface area contributed by atoms with Crippen LogP contribution < -0.4 is 4.90 Å². The Bertz CT molecular complexity index is 3610. The minimum absolute atomic E-state index is 0.169. The van der Waals surface area contributed by atoms with Crippen molar-refractivity contribution in [1.29, 1.82) is 0 Å². The molecule has 0 unspecified atom stereocenters. The van der Waals surface area contributed by atoms with Crippen LogP contribution in [0.1, 0.15) is 47.2 Å². The Morgan fingerprint density at radius 2 is 0.806 bits per heavy atom. The number of rotatable bonds is 6. The van der Waals surface area contributed by atoms with Gasteiger partial charge in [-0.1, -0.05) is 178 Å². The fourth-order valence-corrected chi connectivity index (χ4v) is 11.9. The lowest BCUT2D eigenvalue weighted by Gasteiger charge is -2.32. The summed E-state index contributed by atoms with van der Waals surface area (Å²) in [6, 6.07) is 77.6. The van der Waals surface area contributed by atoms with Crippen LogP contribution in [0.2, 0.25) is 0 Å².